The number of anilines is 1. The molecule has 4 heteroatoms. The average molecular weight is 263 g/mol. The van der Waals surface area contributed by atoms with Crippen LogP contribution in [0.15, 0.2) is 23.3 Å². The molecule has 0 aromatic heterocycles. The fraction of sp³-hybridized carbons (Fsp3) is 0.429. The highest BCUT2D eigenvalue weighted by Gasteiger charge is 2.02. The molecule has 0 heterocycles. The Balaban J connectivity index is 2.60. The highest BCUT2D eigenvalue weighted by Crippen LogP contribution is 2.17. The fourth-order valence-electron chi connectivity index (χ4n) is 1.60. The maximum Gasteiger partial charge on any atom is 0.191 e. The van der Waals surface area contributed by atoms with Crippen LogP contribution in [-0.4, -0.2) is 10.8 Å². The molecule has 0 unspecified atom stereocenters. The van der Waals surface area contributed by atoms with Gasteiger partial charge in [-0.15, -0.1) is 0 Å². The molecule has 0 atom stereocenters. The first kappa shape index (κ1) is 14.6. The quantitative estimate of drug-likeness (QED) is 0.493. The van der Waals surface area contributed by atoms with Crippen molar-refractivity contribution in [3.05, 3.63) is 29.3 Å². The van der Waals surface area contributed by atoms with Gasteiger partial charge in [-0.1, -0.05) is 25.5 Å². The first-order chi connectivity index (χ1) is 8.54. The van der Waals surface area contributed by atoms with Crippen LogP contribution in [0.5, 0.6) is 0 Å². The normalized spacial score (nSPS) is 11.2. The first-order valence-corrected chi connectivity index (χ1v) is 6.61. The standard InChI is InChI=1S/C14H21N3S/c1-5-7-11(3)16-17-14(18)15-13-9-6-8-10(2)12(13)4/h6,8-9H,5,7H2,1-4H3,(H2,15,17,18)/b16-11-. The number of hydrazone groups is 1. The van der Waals surface area contributed by atoms with E-state index in [4.69, 9.17) is 12.2 Å². The van der Waals surface area contributed by atoms with Gasteiger partial charge in [0.05, 0.1) is 0 Å². The summed E-state index contributed by atoms with van der Waals surface area (Å²) in [4.78, 5) is 0. The van der Waals surface area contributed by atoms with Crippen molar-refractivity contribution in [2.75, 3.05) is 5.32 Å². The summed E-state index contributed by atoms with van der Waals surface area (Å²) in [6.07, 6.45) is 2.08. The Morgan fingerprint density at radius 2 is 2.06 bits per heavy atom. The number of hydrogen-bond acceptors (Lipinski definition) is 2. The van der Waals surface area contributed by atoms with E-state index in [9.17, 15) is 0 Å². The lowest BCUT2D eigenvalue weighted by molar-refractivity contribution is 0.948. The molecule has 0 aliphatic rings. The molecule has 0 fully saturated rings. The number of rotatable bonds is 4. The summed E-state index contributed by atoms with van der Waals surface area (Å²) in [6.45, 7) is 8.29. The molecule has 2 N–H and O–H groups in total. The van der Waals surface area contributed by atoms with Gasteiger partial charge in [0.25, 0.3) is 0 Å². The zero-order valence-corrected chi connectivity index (χ0v) is 12.3. The highest BCUT2D eigenvalue weighted by atomic mass is 32.1. The molecule has 0 saturated carbocycles. The number of nitrogens with zero attached hydrogens (tertiary/aromatic N) is 1. The summed E-state index contributed by atoms with van der Waals surface area (Å²) < 4.78 is 0. The van der Waals surface area contributed by atoms with Gasteiger partial charge in [0.15, 0.2) is 5.11 Å². The van der Waals surface area contributed by atoms with E-state index in [1.165, 1.54) is 11.1 Å². The molecule has 0 aliphatic heterocycles. The Labute approximate surface area is 115 Å². The van der Waals surface area contributed by atoms with Crippen LogP contribution in [-0.2, 0) is 0 Å². The lowest BCUT2D eigenvalue weighted by atomic mass is 10.1. The zero-order chi connectivity index (χ0) is 13.5. The number of aryl methyl sites for hydroxylation is 1. The van der Waals surface area contributed by atoms with Crippen LogP contribution in [0.3, 0.4) is 0 Å². The minimum absolute atomic E-state index is 0.527. The zero-order valence-electron chi connectivity index (χ0n) is 11.5. The lowest BCUT2D eigenvalue weighted by Gasteiger charge is -2.11. The van der Waals surface area contributed by atoms with Crippen molar-refractivity contribution in [3.8, 4) is 0 Å². The molecular weight excluding hydrogens is 242 g/mol. The number of benzene rings is 1. The van der Waals surface area contributed by atoms with Crippen molar-refractivity contribution in [1.82, 2.24) is 5.43 Å². The van der Waals surface area contributed by atoms with Crippen LogP contribution in [0.4, 0.5) is 5.69 Å². The van der Waals surface area contributed by atoms with Gasteiger partial charge in [-0.05, 0) is 56.6 Å². The van der Waals surface area contributed by atoms with Gasteiger partial charge in [-0.25, -0.2) is 0 Å². The van der Waals surface area contributed by atoms with E-state index in [-0.39, 0.29) is 0 Å². The second-order valence-corrected chi connectivity index (χ2v) is 4.82. The monoisotopic (exact) mass is 263 g/mol. The van der Waals surface area contributed by atoms with E-state index in [0.29, 0.717) is 5.11 Å². The summed E-state index contributed by atoms with van der Waals surface area (Å²) in [7, 11) is 0. The van der Waals surface area contributed by atoms with Gasteiger partial charge < -0.3 is 5.32 Å². The van der Waals surface area contributed by atoms with E-state index >= 15 is 0 Å². The van der Waals surface area contributed by atoms with Crippen LogP contribution in [0.2, 0.25) is 0 Å². The number of nitrogens with one attached hydrogen (secondary N) is 2. The molecule has 98 valence electrons. The second kappa shape index (κ2) is 7.11. The fourth-order valence-corrected chi connectivity index (χ4v) is 1.76. The maximum atomic E-state index is 5.21. The van der Waals surface area contributed by atoms with Crippen molar-refractivity contribution < 1.29 is 0 Å². The molecule has 1 rings (SSSR count). The Morgan fingerprint density at radius 1 is 1.33 bits per heavy atom. The van der Waals surface area contributed by atoms with Crippen molar-refractivity contribution in [2.45, 2.75) is 40.5 Å². The third-order valence-corrected chi connectivity index (χ3v) is 3.01. The molecule has 0 radical (unpaired) electrons. The molecule has 18 heavy (non-hydrogen) atoms. The van der Waals surface area contributed by atoms with Crippen LogP contribution in [0.1, 0.15) is 37.8 Å². The number of hydrogen-bond donors (Lipinski definition) is 2. The molecule has 0 bridgehead atoms. The highest BCUT2D eigenvalue weighted by molar-refractivity contribution is 7.80. The molecule has 0 amide bonds. The maximum absolute atomic E-state index is 5.21. The number of thiocarbonyl (C=S) groups is 1. The summed E-state index contributed by atoms with van der Waals surface area (Å²) in [6, 6.07) is 6.11. The van der Waals surface area contributed by atoms with Crippen molar-refractivity contribution in [3.63, 3.8) is 0 Å². The molecular formula is C14H21N3S. The Hall–Kier alpha value is -1.42. The predicted octanol–water partition coefficient (Wildman–Crippen LogP) is 3.77. The minimum Gasteiger partial charge on any atom is -0.331 e. The Bertz CT molecular complexity index is 452. The Morgan fingerprint density at radius 3 is 2.72 bits per heavy atom. The van der Waals surface area contributed by atoms with E-state index in [2.05, 4.69) is 42.7 Å². The van der Waals surface area contributed by atoms with E-state index in [1.807, 2.05) is 19.1 Å². The van der Waals surface area contributed by atoms with Gasteiger partial charge in [0.1, 0.15) is 0 Å². The van der Waals surface area contributed by atoms with Crippen LogP contribution in [0.25, 0.3) is 0 Å². The van der Waals surface area contributed by atoms with Crippen LogP contribution >= 0.6 is 12.2 Å². The largest absolute Gasteiger partial charge is 0.331 e. The lowest BCUT2D eigenvalue weighted by Crippen LogP contribution is -2.25. The predicted molar refractivity (Wildman–Crippen MR) is 83.3 cm³/mol. The first-order valence-electron chi connectivity index (χ1n) is 6.21. The van der Waals surface area contributed by atoms with Gasteiger partial charge in [0.2, 0.25) is 0 Å². The van der Waals surface area contributed by atoms with Crippen molar-refractivity contribution in [2.24, 2.45) is 5.10 Å². The van der Waals surface area contributed by atoms with E-state index in [0.717, 1.165) is 24.2 Å². The van der Waals surface area contributed by atoms with Crippen molar-refractivity contribution in [1.29, 1.82) is 0 Å². The summed E-state index contributed by atoms with van der Waals surface area (Å²) in [5.41, 5.74) is 7.40. The van der Waals surface area contributed by atoms with E-state index in [1.54, 1.807) is 0 Å². The van der Waals surface area contributed by atoms with Crippen LogP contribution in [0, 0.1) is 13.8 Å². The minimum atomic E-state index is 0.527. The second-order valence-electron chi connectivity index (χ2n) is 4.41. The van der Waals surface area contributed by atoms with Crippen LogP contribution < -0.4 is 10.7 Å². The Kier molecular flexibility index (Phi) is 5.78. The van der Waals surface area contributed by atoms with Gasteiger partial charge in [-0.3, -0.25) is 5.43 Å². The molecule has 0 spiro atoms. The third kappa shape index (κ3) is 4.45. The third-order valence-electron chi connectivity index (χ3n) is 2.81. The molecule has 0 saturated heterocycles. The summed E-state index contributed by atoms with van der Waals surface area (Å²) >= 11 is 5.21. The molecule has 0 aliphatic carbocycles. The SMILES string of the molecule is CCC/C(C)=N\NC(=S)Nc1cccc(C)c1C. The summed E-state index contributed by atoms with van der Waals surface area (Å²) in [5.74, 6) is 0. The van der Waals surface area contributed by atoms with Gasteiger partial charge >= 0.3 is 0 Å². The topological polar surface area (TPSA) is 36.4 Å². The van der Waals surface area contributed by atoms with Gasteiger partial charge in [-0.2, -0.15) is 5.10 Å². The molecule has 1 aromatic carbocycles. The summed E-state index contributed by atoms with van der Waals surface area (Å²) in [5, 5.41) is 7.91. The average Bonchev–Trinajstić information content (AvgIpc) is 2.33. The molecule has 3 nitrogen and oxygen atoms in total. The van der Waals surface area contributed by atoms with E-state index < -0.39 is 0 Å². The van der Waals surface area contributed by atoms with Gasteiger partial charge in [0, 0.05) is 11.4 Å². The molecule has 1 aromatic rings. The smallest absolute Gasteiger partial charge is 0.191 e. The van der Waals surface area contributed by atoms with Crippen molar-refractivity contribution >= 4 is 28.7 Å².